The van der Waals surface area contributed by atoms with Crippen LogP contribution in [0.25, 0.3) is 10.2 Å². The van der Waals surface area contributed by atoms with Gasteiger partial charge in [0.05, 0.1) is 10.2 Å². The highest BCUT2D eigenvalue weighted by Gasteiger charge is 2.09. The third-order valence-electron chi connectivity index (χ3n) is 3.28. The molecule has 0 aliphatic rings. The van der Waals surface area contributed by atoms with E-state index in [1.807, 2.05) is 24.3 Å². The fourth-order valence-electron chi connectivity index (χ4n) is 2.10. The van der Waals surface area contributed by atoms with Crippen LogP contribution in [0.1, 0.15) is 16.8 Å². The Morgan fingerprint density at radius 2 is 1.83 bits per heavy atom. The van der Waals surface area contributed by atoms with E-state index in [0.717, 1.165) is 14.7 Å². The molecule has 0 spiro atoms. The molecule has 2 N–H and O–H groups in total. The zero-order chi connectivity index (χ0) is 16.9. The number of aromatic nitrogens is 1. The number of thiazole rings is 1. The summed E-state index contributed by atoms with van der Waals surface area (Å²) in [7, 11) is 0. The van der Waals surface area contributed by atoms with Crippen molar-refractivity contribution in [2.45, 2.75) is 6.42 Å². The fraction of sp³-hybridized carbons (Fsp3) is 0.118. The molecule has 0 bridgehead atoms. The summed E-state index contributed by atoms with van der Waals surface area (Å²) in [5.74, 6) is -0.375. The van der Waals surface area contributed by atoms with Gasteiger partial charge in [-0.15, -0.1) is 0 Å². The van der Waals surface area contributed by atoms with Crippen molar-refractivity contribution in [1.29, 1.82) is 0 Å². The van der Waals surface area contributed by atoms with Crippen molar-refractivity contribution in [3.63, 3.8) is 0 Å². The number of carbonyl (C=O) groups is 2. The molecule has 3 aromatic rings. The van der Waals surface area contributed by atoms with Crippen LogP contribution in [0.3, 0.4) is 0 Å². The number of nitrogens with zero attached hydrogens (tertiary/aromatic N) is 1. The van der Waals surface area contributed by atoms with Gasteiger partial charge in [0, 0.05) is 23.0 Å². The summed E-state index contributed by atoms with van der Waals surface area (Å²) in [4.78, 5) is 28.2. The Kier molecular flexibility index (Phi) is 5.22. The van der Waals surface area contributed by atoms with Crippen LogP contribution in [0.4, 0.5) is 5.13 Å². The average molecular weight is 404 g/mol. The van der Waals surface area contributed by atoms with Crippen LogP contribution < -0.4 is 10.6 Å². The standard InChI is InChI=1S/C17H14BrN3O2S/c18-12-7-5-11(6-8-12)16(23)19-10-9-15(22)21-17-20-13-3-1-2-4-14(13)24-17/h1-8H,9-10H2,(H,19,23)(H,20,21,22). The molecule has 0 aliphatic carbocycles. The Hall–Kier alpha value is -2.25. The van der Waals surface area contributed by atoms with Crippen LogP contribution in [-0.2, 0) is 4.79 Å². The average Bonchev–Trinajstić information content (AvgIpc) is 2.97. The Balaban J connectivity index is 1.48. The molecule has 0 radical (unpaired) electrons. The summed E-state index contributed by atoms with van der Waals surface area (Å²) < 4.78 is 1.94. The first kappa shape index (κ1) is 16.6. The highest BCUT2D eigenvalue weighted by molar-refractivity contribution is 9.10. The van der Waals surface area contributed by atoms with Gasteiger partial charge in [0.2, 0.25) is 5.91 Å². The molecular formula is C17H14BrN3O2S. The third kappa shape index (κ3) is 4.18. The fourth-order valence-corrected chi connectivity index (χ4v) is 3.25. The minimum Gasteiger partial charge on any atom is -0.352 e. The first-order chi connectivity index (χ1) is 11.6. The highest BCUT2D eigenvalue weighted by Crippen LogP contribution is 2.25. The molecule has 1 aromatic heterocycles. The molecule has 7 heteroatoms. The summed E-state index contributed by atoms with van der Waals surface area (Å²) in [5.41, 5.74) is 1.42. The maximum absolute atomic E-state index is 11.9. The minimum absolute atomic E-state index is 0.176. The van der Waals surface area contributed by atoms with Gasteiger partial charge in [-0.05, 0) is 36.4 Å². The van der Waals surface area contributed by atoms with E-state index >= 15 is 0 Å². The number of nitrogens with one attached hydrogen (secondary N) is 2. The zero-order valence-electron chi connectivity index (χ0n) is 12.6. The molecule has 24 heavy (non-hydrogen) atoms. The highest BCUT2D eigenvalue weighted by atomic mass is 79.9. The predicted octanol–water partition coefficient (Wildman–Crippen LogP) is 3.82. The van der Waals surface area contributed by atoms with Crippen molar-refractivity contribution < 1.29 is 9.59 Å². The minimum atomic E-state index is -0.199. The smallest absolute Gasteiger partial charge is 0.251 e. The molecular weight excluding hydrogens is 390 g/mol. The van der Waals surface area contributed by atoms with E-state index in [2.05, 4.69) is 31.5 Å². The van der Waals surface area contributed by atoms with Crippen LogP contribution in [0, 0.1) is 0 Å². The van der Waals surface area contributed by atoms with Crippen molar-refractivity contribution in [3.05, 3.63) is 58.6 Å². The number of hydrogen-bond donors (Lipinski definition) is 2. The number of para-hydroxylation sites is 1. The SMILES string of the molecule is O=C(CCNC(=O)c1ccc(Br)cc1)Nc1nc2ccccc2s1. The van der Waals surface area contributed by atoms with Gasteiger partial charge in [-0.25, -0.2) is 4.98 Å². The van der Waals surface area contributed by atoms with Gasteiger partial charge in [0.25, 0.3) is 5.91 Å². The number of carbonyl (C=O) groups excluding carboxylic acids is 2. The van der Waals surface area contributed by atoms with Crippen LogP contribution >= 0.6 is 27.3 Å². The van der Waals surface area contributed by atoms with E-state index in [0.29, 0.717) is 10.7 Å². The van der Waals surface area contributed by atoms with Crippen molar-refractivity contribution in [3.8, 4) is 0 Å². The van der Waals surface area contributed by atoms with E-state index in [-0.39, 0.29) is 24.8 Å². The lowest BCUT2D eigenvalue weighted by molar-refractivity contribution is -0.116. The van der Waals surface area contributed by atoms with Gasteiger partial charge in [-0.1, -0.05) is 39.4 Å². The summed E-state index contributed by atoms with van der Waals surface area (Å²) in [6.45, 7) is 0.269. The zero-order valence-corrected chi connectivity index (χ0v) is 15.0. The maximum Gasteiger partial charge on any atom is 0.251 e. The largest absolute Gasteiger partial charge is 0.352 e. The number of anilines is 1. The van der Waals surface area contributed by atoms with Gasteiger partial charge < -0.3 is 10.6 Å². The van der Waals surface area contributed by atoms with E-state index in [9.17, 15) is 9.59 Å². The molecule has 0 saturated heterocycles. The second-order valence-electron chi connectivity index (χ2n) is 5.05. The van der Waals surface area contributed by atoms with E-state index < -0.39 is 0 Å². The van der Waals surface area contributed by atoms with Gasteiger partial charge in [0.15, 0.2) is 5.13 Å². The molecule has 0 aliphatic heterocycles. The number of halogens is 1. The lowest BCUT2D eigenvalue weighted by Crippen LogP contribution is -2.27. The number of amides is 2. The van der Waals surface area contributed by atoms with E-state index in [4.69, 9.17) is 0 Å². The Bertz CT molecular complexity index is 844. The first-order valence-electron chi connectivity index (χ1n) is 7.31. The molecule has 0 unspecified atom stereocenters. The molecule has 0 fully saturated rings. The molecule has 5 nitrogen and oxygen atoms in total. The summed E-state index contributed by atoms with van der Waals surface area (Å²) >= 11 is 4.75. The normalized spacial score (nSPS) is 10.5. The Labute approximate surface area is 151 Å². The van der Waals surface area contributed by atoms with Crippen molar-refractivity contribution >= 4 is 54.4 Å². The van der Waals surface area contributed by atoms with Gasteiger partial charge in [-0.3, -0.25) is 9.59 Å². The van der Waals surface area contributed by atoms with Gasteiger partial charge in [-0.2, -0.15) is 0 Å². The van der Waals surface area contributed by atoms with Crippen LogP contribution in [-0.4, -0.2) is 23.3 Å². The number of rotatable bonds is 5. The molecule has 2 amide bonds. The molecule has 2 aromatic carbocycles. The van der Waals surface area contributed by atoms with Crippen LogP contribution in [0.2, 0.25) is 0 Å². The van der Waals surface area contributed by atoms with Crippen LogP contribution in [0.15, 0.2) is 53.0 Å². The topological polar surface area (TPSA) is 71.1 Å². The quantitative estimate of drug-likeness (QED) is 0.679. The number of fused-ring (bicyclic) bond motifs is 1. The lowest BCUT2D eigenvalue weighted by atomic mass is 10.2. The molecule has 0 atom stereocenters. The number of benzene rings is 2. The van der Waals surface area contributed by atoms with E-state index in [1.165, 1.54) is 11.3 Å². The van der Waals surface area contributed by atoms with Crippen molar-refractivity contribution in [1.82, 2.24) is 10.3 Å². The Morgan fingerprint density at radius 3 is 2.58 bits per heavy atom. The Morgan fingerprint density at radius 1 is 1.08 bits per heavy atom. The third-order valence-corrected chi connectivity index (χ3v) is 4.76. The molecule has 3 rings (SSSR count). The summed E-state index contributed by atoms with van der Waals surface area (Å²) in [6.07, 6.45) is 0.193. The maximum atomic E-state index is 11.9. The lowest BCUT2D eigenvalue weighted by Gasteiger charge is -2.05. The van der Waals surface area contributed by atoms with Crippen molar-refractivity contribution in [2.24, 2.45) is 0 Å². The number of hydrogen-bond acceptors (Lipinski definition) is 4. The molecule has 0 saturated carbocycles. The molecule has 122 valence electrons. The first-order valence-corrected chi connectivity index (χ1v) is 8.92. The summed E-state index contributed by atoms with van der Waals surface area (Å²) in [5, 5.41) is 6.06. The second-order valence-corrected chi connectivity index (χ2v) is 6.99. The van der Waals surface area contributed by atoms with Crippen LogP contribution in [0.5, 0.6) is 0 Å². The summed E-state index contributed by atoms with van der Waals surface area (Å²) in [6, 6.07) is 14.8. The predicted molar refractivity (Wildman–Crippen MR) is 99.3 cm³/mol. The van der Waals surface area contributed by atoms with E-state index in [1.54, 1.807) is 24.3 Å². The monoisotopic (exact) mass is 403 g/mol. The second kappa shape index (κ2) is 7.55. The van der Waals surface area contributed by atoms with Crippen molar-refractivity contribution in [2.75, 3.05) is 11.9 Å². The van der Waals surface area contributed by atoms with Gasteiger partial charge >= 0.3 is 0 Å². The molecule has 1 heterocycles. The van der Waals surface area contributed by atoms with Gasteiger partial charge in [0.1, 0.15) is 0 Å².